The van der Waals surface area contributed by atoms with Gasteiger partial charge in [0.15, 0.2) is 0 Å². The van der Waals surface area contributed by atoms with E-state index in [9.17, 15) is 14.8 Å². The molecule has 0 fully saturated rings. The molecule has 0 aliphatic rings. The molecule has 2 aromatic heterocycles. The maximum absolute atomic E-state index is 13.0. The molecule has 6 N–H and O–H groups in total. The van der Waals surface area contributed by atoms with Crippen molar-refractivity contribution in [2.75, 3.05) is 13.7 Å². The lowest BCUT2D eigenvalue weighted by Gasteiger charge is -2.17. The Morgan fingerprint density at radius 1 is 1.13 bits per heavy atom. The molecular weight excluding hydrogens is 528 g/mol. The van der Waals surface area contributed by atoms with Crippen LogP contribution in [0.4, 0.5) is 0 Å². The number of rotatable bonds is 14. The van der Waals surface area contributed by atoms with Gasteiger partial charge in [0.2, 0.25) is 36.1 Å². The highest BCUT2D eigenvalue weighted by Crippen LogP contribution is 2.16. The van der Waals surface area contributed by atoms with Crippen molar-refractivity contribution in [1.82, 2.24) is 15.4 Å². The van der Waals surface area contributed by atoms with Gasteiger partial charge in [-0.1, -0.05) is 29.6 Å². The first kappa shape index (κ1) is 29.2. The lowest BCUT2D eigenvalue weighted by molar-refractivity contribution is -0.909. The average molecular weight is 561 g/mol. The molecule has 3 rings (SSSR count). The Bertz CT molecular complexity index is 1230. The van der Waals surface area contributed by atoms with E-state index in [0.717, 1.165) is 21.4 Å². The maximum Gasteiger partial charge on any atom is 0.239 e. The Labute approximate surface area is 231 Å². The minimum atomic E-state index is -0.608. The van der Waals surface area contributed by atoms with E-state index in [1.54, 1.807) is 42.3 Å². The number of hydrogen-bond donors (Lipinski definition) is 5. The number of halogens is 1. The van der Waals surface area contributed by atoms with Crippen LogP contribution in [0.25, 0.3) is 0 Å². The van der Waals surface area contributed by atoms with Gasteiger partial charge in [0.25, 0.3) is 0 Å². The zero-order chi connectivity index (χ0) is 27.3. The molecule has 38 heavy (non-hydrogen) atoms. The van der Waals surface area contributed by atoms with Crippen molar-refractivity contribution in [3.63, 3.8) is 0 Å². The van der Waals surface area contributed by atoms with Gasteiger partial charge < -0.3 is 16.4 Å². The Morgan fingerprint density at radius 3 is 2.74 bits per heavy atom. The third kappa shape index (κ3) is 9.18. The predicted molar refractivity (Wildman–Crippen MR) is 144 cm³/mol. The van der Waals surface area contributed by atoms with Crippen molar-refractivity contribution >= 4 is 35.4 Å². The maximum atomic E-state index is 13.0. The lowest BCUT2D eigenvalue weighted by atomic mass is 10.1. The number of hydrogen-bond acceptors (Lipinski definition) is 7. The SMILES string of the molecule is CO[n+]1cccc(CSNC(CCc2cccc[n+]2O)C(=O)NCC(=O)NCc2cc(Cl)ccc2CN)c1. The topological polar surface area (TPSA) is 133 Å². The van der Waals surface area contributed by atoms with E-state index in [1.165, 1.54) is 18.1 Å². The zero-order valence-corrected chi connectivity index (χ0v) is 22.7. The number of aryl methyl sites for hydroxylation is 1. The summed E-state index contributed by atoms with van der Waals surface area (Å²) in [6, 6.07) is 13.9. The standard InChI is InChI=1S/C26H31ClN6O4S/c1-37-32-11-4-5-19(17-32)18-38-31-24(10-9-23-6-2-3-12-33(23)36)26(35)30-16-25(34)29-15-21-13-22(27)8-7-20(21)14-28/h2-8,11-13,17,24,31H,9-10,14-16,18,28H2,1H3,(H-2,29,30,34,35,36)/p+2. The summed E-state index contributed by atoms with van der Waals surface area (Å²) in [5.74, 6) is -0.0704. The molecule has 2 heterocycles. The molecule has 0 saturated heterocycles. The Balaban J connectivity index is 1.56. The number of aromatic nitrogens is 2. The van der Waals surface area contributed by atoms with Crippen molar-refractivity contribution < 1.29 is 29.1 Å². The van der Waals surface area contributed by atoms with Crippen LogP contribution in [0.15, 0.2) is 67.1 Å². The molecule has 0 aliphatic carbocycles. The molecule has 0 aliphatic heterocycles. The van der Waals surface area contributed by atoms with Crippen LogP contribution in [0.2, 0.25) is 5.02 Å². The van der Waals surface area contributed by atoms with Gasteiger partial charge in [-0.05, 0) is 41.8 Å². The monoisotopic (exact) mass is 560 g/mol. The highest BCUT2D eigenvalue weighted by atomic mass is 35.5. The van der Waals surface area contributed by atoms with E-state index in [4.69, 9.17) is 22.2 Å². The van der Waals surface area contributed by atoms with E-state index in [-0.39, 0.29) is 24.9 Å². The number of carbonyl (C=O) groups excluding carboxylic acids is 2. The summed E-state index contributed by atoms with van der Waals surface area (Å²) in [7, 11) is 1.58. The van der Waals surface area contributed by atoms with E-state index in [0.29, 0.717) is 35.9 Å². The summed E-state index contributed by atoms with van der Waals surface area (Å²) in [6.45, 7) is 0.397. The number of benzene rings is 1. The summed E-state index contributed by atoms with van der Waals surface area (Å²) in [4.78, 5) is 30.7. The van der Waals surface area contributed by atoms with Crippen LogP contribution in [0.5, 0.6) is 0 Å². The average Bonchev–Trinajstić information content (AvgIpc) is 2.93. The summed E-state index contributed by atoms with van der Waals surface area (Å²) in [5, 5.41) is 16.1. The predicted octanol–water partition coefficient (Wildman–Crippen LogP) is 0.841. The van der Waals surface area contributed by atoms with Gasteiger partial charge in [0.1, 0.15) is 7.11 Å². The van der Waals surface area contributed by atoms with E-state index >= 15 is 0 Å². The van der Waals surface area contributed by atoms with Crippen molar-refractivity contribution in [3.8, 4) is 0 Å². The van der Waals surface area contributed by atoms with Gasteiger partial charge in [0.05, 0.1) is 12.6 Å². The normalized spacial score (nSPS) is 11.6. The van der Waals surface area contributed by atoms with Crippen LogP contribution in [0.1, 0.15) is 28.8 Å². The largest absolute Gasteiger partial charge is 0.350 e. The van der Waals surface area contributed by atoms with E-state index in [1.807, 2.05) is 30.5 Å². The molecule has 10 nitrogen and oxygen atoms in total. The minimum absolute atomic E-state index is 0.182. The van der Waals surface area contributed by atoms with Gasteiger partial charge in [-0.25, -0.2) is 0 Å². The van der Waals surface area contributed by atoms with Crippen LogP contribution >= 0.6 is 23.5 Å². The van der Waals surface area contributed by atoms with Crippen LogP contribution in [-0.4, -0.2) is 36.7 Å². The first-order valence-corrected chi connectivity index (χ1v) is 13.4. The van der Waals surface area contributed by atoms with Gasteiger partial charge in [0, 0.05) is 63.5 Å². The quantitative estimate of drug-likeness (QED) is 0.112. The highest BCUT2D eigenvalue weighted by molar-refractivity contribution is 7.96. The molecule has 12 heteroatoms. The number of nitrogens with two attached hydrogens (primary N) is 1. The van der Waals surface area contributed by atoms with Gasteiger partial charge in [-0.3, -0.25) is 24.4 Å². The molecule has 1 unspecified atom stereocenters. The fourth-order valence-corrected chi connectivity index (χ4v) is 4.68. The molecule has 1 atom stereocenters. The third-order valence-corrected chi connectivity index (χ3v) is 6.89. The van der Waals surface area contributed by atoms with Crippen molar-refractivity contribution in [2.45, 2.75) is 37.7 Å². The van der Waals surface area contributed by atoms with Gasteiger partial charge in [-0.2, -0.15) is 0 Å². The molecule has 1 aromatic carbocycles. The minimum Gasteiger partial charge on any atom is -0.350 e. The number of pyridine rings is 2. The van der Waals surface area contributed by atoms with Crippen LogP contribution in [-0.2, 0) is 34.9 Å². The highest BCUT2D eigenvalue weighted by Gasteiger charge is 2.22. The Kier molecular flexibility index (Phi) is 11.6. The van der Waals surface area contributed by atoms with Crippen molar-refractivity contribution in [3.05, 3.63) is 94.5 Å². The summed E-state index contributed by atoms with van der Waals surface area (Å²) in [5.41, 5.74) is 9.14. The van der Waals surface area contributed by atoms with Gasteiger partial charge in [-0.15, -0.1) is 0 Å². The Morgan fingerprint density at radius 2 is 1.97 bits per heavy atom. The van der Waals surface area contributed by atoms with E-state index < -0.39 is 6.04 Å². The molecule has 202 valence electrons. The molecule has 0 spiro atoms. The molecule has 0 saturated carbocycles. The lowest BCUT2D eigenvalue weighted by Crippen LogP contribution is -2.46. The fraction of sp³-hybridized carbons (Fsp3) is 0.308. The molecular formula is C26H33ClN6O4S+2. The number of nitrogens with one attached hydrogen (secondary N) is 3. The third-order valence-electron chi connectivity index (χ3n) is 5.73. The van der Waals surface area contributed by atoms with Gasteiger partial charge >= 0.3 is 0 Å². The van der Waals surface area contributed by atoms with E-state index in [2.05, 4.69) is 15.4 Å². The Hall–Kier alpha value is -3.38. The van der Waals surface area contributed by atoms with Crippen LogP contribution < -0.4 is 35.4 Å². The number of carbonyl (C=O) groups is 2. The summed E-state index contributed by atoms with van der Waals surface area (Å²) >= 11 is 7.44. The van der Waals surface area contributed by atoms with Crippen molar-refractivity contribution in [2.24, 2.45) is 5.73 Å². The zero-order valence-electron chi connectivity index (χ0n) is 21.1. The fourth-order valence-electron chi connectivity index (χ4n) is 3.63. The first-order valence-electron chi connectivity index (χ1n) is 12.0. The first-order chi connectivity index (χ1) is 18.4. The summed E-state index contributed by atoms with van der Waals surface area (Å²) in [6.07, 6.45) is 6.02. The molecule has 2 amide bonds. The smallest absolute Gasteiger partial charge is 0.239 e. The second-order valence-corrected chi connectivity index (χ2v) is 9.65. The number of amides is 2. The summed E-state index contributed by atoms with van der Waals surface area (Å²) < 4.78 is 5.83. The van der Waals surface area contributed by atoms with Crippen LogP contribution in [0, 0.1) is 0 Å². The van der Waals surface area contributed by atoms with Crippen molar-refractivity contribution in [1.29, 1.82) is 0 Å². The molecule has 3 aromatic rings. The van der Waals surface area contributed by atoms with Crippen LogP contribution in [0.3, 0.4) is 0 Å². The molecule has 0 bridgehead atoms. The second kappa shape index (κ2) is 15.1. The second-order valence-electron chi connectivity index (χ2n) is 8.40. The number of nitrogens with zero attached hydrogens (tertiary/aromatic N) is 2. The molecule has 0 radical (unpaired) electrons.